The van der Waals surface area contributed by atoms with Gasteiger partial charge in [0.2, 0.25) is 0 Å². The highest BCUT2D eigenvalue weighted by atomic mass is 32.2. The van der Waals surface area contributed by atoms with Crippen LogP contribution in [0.1, 0.15) is 18.4 Å². The van der Waals surface area contributed by atoms with Crippen molar-refractivity contribution in [1.29, 1.82) is 0 Å². The van der Waals surface area contributed by atoms with Crippen molar-refractivity contribution < 1.29 is 13.3 Å². The smallest absolute Gasteiger partial charge is 0.273 e. The van der Waals surface area contributed by atoms with Crippen LogP contribution in [-0.2, 0) is 16.4 Å². The van der Waals surface area contributed by atoms with Gasteiger partial charge >= 0.3 is 0 Å². The van der Waals surface area contributed by atoms with Crippen LogP contribution in [0.4, 0.5) is 5.69 Å². The minimum atomic E-state index is -2.87. The second kappa shape index (κ2) is 5.66. The maximum Gasteiger partial charge on any atom is 0.273 e. The normalized spacial score (nSPS) is 19.2. The monoisotopic (exact) mass is 284 g/mol. The maximum atomic E-state index is 11.3. The van der Waals surface area contributed by atoms with Crippen molar-refractivity contribution in [2.45, 2.75) is 25.4 Å². The molecule has 104 valence electrons. The van der Waals surface area contributed by atoms with Gasteiger partial charge < -0.3 is 5.32 Å². The van der Waals surface area contributed by atoms with Crippen LogP contribution >= 0.6 is 0 Å². The predicted molar refractivity (Wildman–Crippen MR) is 71.6 cm³/mol. The average molecular weight is 284 g/mol. The summed E-state index contributed by atoms with van der Waals surface area (Å²) >= 11 is 0. The fourth-order valence-electron chi connectivity index (χ4n) is 2.19. The number of hydrogen-bond acceptors (Lipinski definition) is 5. The summed E-state index contributed by atoms with van der Waals surface area (Å²) in [6.45, 7) is 0.391. The molecule has 1 aromatic carbocycles. The SMILES string of the molecule is O=[N+]([O-])c1ccccc1CNC1CCS(=O)(=O)CC1. The fraction of sp³-hybridized carbons (Fsp3) is 0.500. The lowest BCUT2D eigenvalue weighted by atomic mass is 10.1. The van der Waals surface area contributed by atoms with Gasteiger partial charge in [-0.15, -0.1) is 0 Å². The van der Waals surface area contributed by atoms with E-state index in [0.717, 1.165) is 0 Å². The number of sulfone groups is 1. The summed E-state index contributed by atoms with van der Waals surface area (Å²) in [5, 5.41) is 14.1. The molecule has 0 aromatic heterocycles. The van der Waals surface area contributed by atoms with Gasteiger partial charge in [0.15, 0.2) is 0 Å². The van der Waals surface area contributed by atoms with Crippen LogP contribution < -0.4 is 5.32 Å². The number of rotatable bonds is 4. The Morgan fingerprint density at radius 1 is 1.26 bits per heavy atom. The van der Waals surface area contributed by atoms with Crippen molar-refractivity contribution in [1.82, 2.24) is 5.32 Å². The van der Waals surface area contributed by atoms with Crippen LogP contribution in [0.15, 0.2) is 24.3 Å². The van der Waals surface area contributed by atoms with Crippen LogP contribution in [-0.4, -0.2) is 30.9 Å². The number of nitrogens with zero attached hydrogens (tertiary/aromatic N) is 1. The van der Waals surface area contributed by atoms with Gasteiger partial charge in [0.1, 0.15) is 9.84 Å². The van der Waals surface area contributed by atoms with Crippen molar-refractivity contribution in [3.63, 3.8) is 0 Å². The van der Waals surface area contributed by atoms with Crippen LogP contribution in [0.3, 0.4) is 0 Å². The highest BCUT2D eigenvalue weighted by Crippen LogP contribution is 2.18. The molecule has 19 heavy (non-hydrogen) atoms. The number of nitro groups is 1. The molecule has 1 N–H and O–H groups in total. The quantitative estimate of drug-likeness (QED) is 0.664. The van der Waals surface area contributed by atoms with Crippen LogP contribution in [0.25, 0.3) is 0 Å². The lowest BCUT2D eigenvalue weighted by Gasteiger charge is -2.23. The Hall–Kier alpha value is -1.47. The third-order valence-electron chi connectivity index (χ3n) is 3.32. The molecule has 1 heterocycles. The standard InChI is InChI=1S/C12H16N2O4S/c15-14(16)12-4-2-1-3-10(12)9-13-11-5-7-19(17,18)8-6-11/h1-4,11,13H,5-9H2. The lowest BCUT2D eigenvalue weighted by molar-refractivity contribution is -0.385. The van der Waals surface area contributed by atoms with Gasteiger partial charge in [-0.1, -0.05) is 18.2 Å². The van der Waals surface area contributed by atoms with Gasteiger partial charge in [-0.3, -0.25) is 10.1 Å². The molecule has 1 saturated heterocycles. The van der Waals surface area contributed by atoms with Gasteiger partial charge in [-0.05, 0) is 12.8 Å². The molecule has 0 spiro atoms. The fourth-order valence-corrected chi connectivity index (χ4v) is 3.68. The van der Waals surface area contributed by atoms with Gasteiger partial charge in [-0.25, -0.2) is 8.42 Å². The second-order valence-electron chi connectivity index (χ2n) is 4.69. The Balaban J connectivity index is 1.95. The van der Waals surface area contributed by atoms with Crippen molar-refractivity contribution in [3.05, 3.63) is 39.9 Å². The van der Waals surface area contributed by atoms with Gasteiger partial charge in [0.05, 0.1) is 16.4 Å². The van der Waals surface area contributed by atoms with Crippen LogP contribution in [0.2, 0.25) is 0 Å². The van der Waals surface area contributed by atoms with Crippen molar-refractivity contribution >= 4 is 15.5 Å². The molecule has 1 fully saturated rings. The number of para-hydroxylation sites is 1. The summed E-state index contributed by atoms with van der Waals surface area (Å²) < 4.78 is 22.6. The summed E-state index contributed by atoms with van der Waals surface area (Å²) in [5.41, 5.74) is 0.722. The Bertz CT molecular complexity index is 557. The van der Waals surface area contributed by atoms with E-state index < -0.39 is 14.8 Å². The van der Waals surface area contributed by atoms with E-state index in [-0.39, 0.29) is 23.2 Å². The van der Waals surface area contributed by atoms with E-state index in [1.807, 2.05) is 0 Å². The van der Waals surface area contributed by atoms with Gasteiger partial charge in [-0.2, -0.15) is 0 Å². The van der Waals surface area contributed by atoms with E-state index in [4.69, 9.17) is 0 Å². The molecule has 0 bridgehead atoms. The third-order valence-corrected chi connectivity index (χ3v) is 5.04. The average Bonchev–Trinajstić information content (AvgIpc) is 2.38. The van der Waals surface area contributed by atoms with Crippen molar-refractivity contribution in [2.75, 3.05) is 11.5 Å². The molecule has 0 amide bonds. The largest absolute Gasteiger partial charge is 0.310 e. The highest BCUT2D eigenvalue weighted by molar-refractivity contribution is 7.91. The Morgan fingerprint density at radius 2 is 1.89 bits per heavy atom. The molecule has 6 nitrogen and oxygen atoms in total. The molecular formula is C12H16N2O4S. The summed E-state index contributed by atoms with van der Waals surface area (Å²) in [4.78, 5) is 10.5. The highest BCUT2D eigenvalue weighted by Gasteiger charge is 2.23. The lowest BCUT2D eigenvalue weighted by Crippen LogP contribution is -2.37. The molecule has 1 aliphatic rings. The summed E-state index contributed by atoms with van der Waals surface area (Å²) in [6.07, 6.45) is 1.14. The molecule has 2 rings (SSSR count). The molecule has 1 aliphatic heterocycles. The molecule has 0 radical (unpaired) electrons. The van der Waals surface area contributed by atoms with E-state index in [9.17, 15) is 18.5 Å². The topological polar surface area (TPSA) is 89.3 Å². The first kappa shape index (κ1) is 14.0. The van der Waals surface area contributed by atoms with E-state index in [1.54, 1.807) is 18.2 Å². The van der Waals surface area contributed by atoms with Crippen molar-refractivity contribution in [3.8, 4) is 0 Å². The molecule has 1 aromatic rings. The second-order valence-corrected chi connectivity index (χ2v) is 7.00. The molecule has 0 aliphatic carbocycles. The Kier molecular flexibility index (Phi) is 4.16. The van der Waals surface area contributed by atoms with Gasteiger partial charge in [0, 0.05) is 24.2 Å². The number of nitro benzene ring substituents is 1. The van der Waals surface area contributed by atoms with E-state index in [0.29, 0.717) is 24.9 Å². The van der Waals surface area contributed by atoms with Crippen LogP contribution in [0, 0.1) is 10.1 Å². The zero-order valence-electron chi connectivity index (χ0n) is 10.4. The first-order valence-electron chi connectivity index (χ1n) is 6.14. The predicted octanol–water partition coefficient (Wildman–Crippen LogP) is 1.26. The zero-order valence-corrected chi connectivity index (χ0v) is 11.2. The maximum absolute atomic E-state index is 11.3. The van der Waals surface area contributed by atoms with Crippen LogP contribution in [0.5, 0.6) is 0 Å². The Labute approximate surface area is 111 Å². The molecular weight excluding hydrogens is 268 g/mol. The van der Waals surface area contributed by atoms with E-state index in [1.165, 1.54) is 6.07 Å². The summed E-state index contributed by atoms with van der Waals surface area (Å²) in [6, 6.07) is 6.69. The number of hydrogen-bond donors (Lipinski definition) is 1. The first-order valence-corrected chi connectivity index (χ1v) is 7.96. The molecule has 0 saturated carbocycles. The van der Waals surface area contributed by atoms with Crippen molar-refractivity contribution in [2.24, 2.45) is 0 Å². The van der Waals surface area contributed by atoms with Gasteiger partial charge in [0.25, 0.3) is 5.69 Å². The first-order chi connectivity index (χ1) is 8.98. The van der Waals surface area contributed by atoms with E-state index in [2.05, 4.69) is 5.32 Å². The minimum Gasteiger partial charge on any atom is -0.310 e. The number of nitrogens with one attached hydrogen (secondary N) is 1. The molecule has 0 atom stereocenters. The summed E-state index contributed by atoms with van der Waals surface area (Å²) in [7, 11) is -2.87. The Morgan fingerprint density at radius 3 is 2.53 bits per heavy atom. The molecule has 0 unspecified atom stereocenters. The summed E-state index contributed by atoms with van der Waals surface area (Å²) in [5.74, 6) is 0.392. The minimum absolute atomic E-state index is 0.0958. The molecule has 7 heteroatoms. The zero-order chi connectivity index (χ0) is 13.9. The van der Waals surface area contributed by atoms with E-state index >= 15 is 0 Å². The third kappa shape index (κ3) is 3.74. The number of benzene rings is 1.